The Labute approximate surface area is 136 Å². The van der Waals surface area contributed by atoms with E-state index in [1.165, 1.54) is 11.3 Å². The lowest BCUT2D eigenvalue weighted by molar-refractivity contribution is 0.102. The van der Waals surface area contributed by atoms with Gasteiger partial charge in [0.2, 0.25) is 0 Å². The first kappa shape index (κ1) is 13.7. The van der Waals surface area contributed by atoms with Gasteiger partial charge in [-0.2, -0.15) is 0 Å². The zero-order chi connectivity index (χ0) is 15.6. The second-order valence-electron chi connectivity index (χ2n) is 5.00. The fourth-order valence-corrected chi connectivity index (χ4v) is 3.05. The molecule has 1 aromatic carbocycles. The van der Waals surface area contributed by atoms with Gasteiger partial charge in [0.25, 0.3) is 5.91 Å². The van der Waals surface area contributed by atoms with Crippen molar-refractivity contribution in [1.82, 2.24) is 15.0 Å². The van der Waals surface area contributed by atoms with Crippen LogP contribution in [-0.4, -0.2) is 20.9 Å². The molecule has 6 heteroatoms. The first-order valence-corrected chi connectivity index (χ1v) is 7.92. The van der Waals surface area contributed by atoms with Gasteiger partial charge in [-0.1, -0.05) is 18.2 Å². The van der Waals surface area contributed by atoms with Gasteiger partial charge >= 0.3 is 0 Å². The molecule has 0 radical (unpaired) electrons. The maximum absolute atomic E-state index is 12.3. The number of carbonyl (C=O) groups is 1. The number of carbonyl (C=O) groups excluding carboxylic acids is 1. The molecule has 3 aromatic heterocycles. The highest BCUT2D eigenvalue weighted by atomic mass is 32.1. The number of hydrogen-bond acceptors (Lipinski definition) is 4. The number of para-hydroxylation sites is 1. The van der Waals surface area contributed by atoms with Crippen molar-refractivity contribution in [3.05, 3.63) is 65.9 Å². The van der Waals surface area contributed by atoms with E-state index in [9.17, 15) is 4.79 Å². The Kier molecular flexibility index (Phi) is 3.36. The van der Waals surface area contributed by atoms with Crippen LogP contribution in [-0.2, 0) is 0 Å². The average Bonchev–Trinajstić information content (AvgIpc) is 3.22. The fraction of sp³-hybridized carbons (Fsp3) is 0. The molecular weight excluding hydrogens is 308 g/mol. The van der Waals surface area contributed by atoms with E-state index in [0.717, 1.165) is 22.2 Å². The van der Waals surface area contributed by atoms with Crippen LogP contribution < -0.4 is 5.32 Å². The SMILES string of the molecule is O=C(Nc1nc(-c2cccnc2)cs1)c1cc2ccccc2[nH]1. The van der Waals surface area contributed by atoms with Crippen LogP contribution >= 0.6 is 11.3 Å². The Morgan fingerprint density at radius 2 is 2.09 bits per heavy atom. The molecule has 0 fully saturated rings. The normalized spacial score (nSPS) is 10.8. The Morgan fingerprint density at radius 3 is 2.91 bits per heavy atom. The average molecular weight is 320 g/mol. The number of H-pyrrole nitrogens is 1. The van der Waals surface area contributed by atoms with Crippen molar-refractivity contribution in [2.45, 2.75) is 0 Å². The zero-order valence-electron chi connectivity index (χ0n) is 12.0. The smallest absolute Gasteiger partial charge is 0.273 e. The van der Waals surface area contributed by atoms with Crippen LogP contribution in [0, 0.1) is 0 Å². The van der Waals surface area contributed by atoms with Gasteiger partial charge in [0.1, 0.15) is 5.69 Å². The predicted molar refractivity (Wildman–Crippen MR) is 91.6 cm³/mol. The summed E-state index contributed by atoms with van der Waals surface area (Å²) < 4.78 is 0. The second kappa shape index (κ2) is 5.66. The number of thiazole rings is 1. The van der Waals surface area contributed by atoms with Crippen LogP contribution in [0.3, 0.4) is 0 Å². The molecule has 0 bridgehead atoms. The number of pyridine rings is 1. The van der Waals surface area contributed by atoms with E-state index >= 15 is 0 Å². The van der Waals surface area contributed by atoms with E-state index in [1.54, 1.807) is 12.4 Å². The van der Waals surface area contributed by atoms with Gasteiger partial charge in [0, 0.05) is 34.2 Å². The fourth-order valence-electron chi connectivity index (χ4n) is 2.34. The van der Waals surface area contributed by atoms with Gasteiger partial charge < -0.3 is 4.98 Å². The minimum Gasteiger partial charge on any atom is -0.351 e. The molecular formula is C17H12N4OS. The van der Waals surface area contributed by atoms with Crippen molar-refractivity contribution in [3.8, 4) is 11.3 Å². The first-order chi connectivity index (χ1) is 11.3. The van der Waals surface area contributed by atoms with Crippen LogP contribution in [0.4, 0.5) is 5.13 Å². The molecule has 112 valence electrons. The molecule has 0 unspecified atom stereocenters. The maximum Gasteiger partial charge on any atom is 0.273 e. The summed E-state index contributed by atoms with van der Waals surface area (Å²) in [4.78, 5) is 24.0. The van der Waals surface area contributed by atoms with Crippen molar-refractivity contribution >= 4 is 33.3 Å². The van der Waals surface area contributed by atoms with Crippen LogP contribution in [0.5, 0.6) is 0 Å². The van der Waals surface area contributed by atoms with Gasteiger partial charge in [-0.3, -0.25) is 15.1 Å². The van der Waals surface area contributed by atoms with Gasteiger partial charge in [0.05, 0.1) is 5.69 Å². The van der Waals surface area contributed by atoms with Crippen molar-refractivity contribution < 1.29 is 4.79 Å². The second-order valence-corrected chi connectivity index (χ2v) is 5.86. The number of nitrogens with zero attached hydrogens (tertiary/aromatic N) is 2. The van der Waals surface area contributed by atoms with Crippen molar-refractivity contribution in [3.63, 3.8) is 0 Å². The molecule has 0 aliphatic carbocycles. The highest BCUT2D eigenvalue weighted by molar-refractivity contribution is 7.14. The molecule has 23 heavy (non-hydrogen) atoms. The lowest BCUT2D eigenvalue weighted by Crippen LogP contribution is -2.11. The molecule has 4 aromatic rings. The zero-order valence-corrected chi connectivity index (χ0v) is 12.8. The molecule has 1 amide bonds. The summed E-state index contributed by atoms with van der Waals surface area (Å²) in [6, 6.07) is 13.4. The third-order valence-electron chi connectivity index (χ3n) is 3.46. The van der Waals surface area contributed by atoms with Gasteiger partial charge in [-0.25, -0.2) is 4.98 Å². The third kappa shape index (κ3) is 2.72. The van der Waals surface area contributed by atoms with Crippen LogP contribution in [0.15, 0.2) is 60.2 Å². The number of aromatic amines is 1. The standard InChI is InChI=1S/C17H12N4OS/c22-16(14-8-11-4-1-2-6-13(11)19-14)21-17-20-15(10-23-17)12-5-3-7-18-9-12/h1-10,19H,(H,20,21,22). The molecule has 0 aliphatic rings. The Hall–Kier alpha value is -2.99. The number of anilines is 1. The molecule has 2 N–H and O–H groups in total. The van der Waals surface area contributed by atoms with E-state index in [2.05, 4.69) is 20.3 Å². The topological polar surface area (TPSA) is 70.7 Å². The van der Waals surface area contributed by atoms with Crippen LogP contribution in [0.1, 0.15) is 10.5 Å². The summed E-state index contributed by atoms with van der Waals surface area (Å²) in [7, 11) is 0. The van der Waals surface area contributed by atoms with Crippen LogP contribution in [0.2, 0.25) is 0 Å². The highest BCUT2D eigenvalue weighted by Crippen LogP contribution is 2.24. The van der Waals surface area contributed by atoms with E-state index in [1.807, 2.05) is 47.8 Å². The number of amides is 1. The van der Waals surface area contributed by atoms with Crippen LogP contribution in [0.25, 0.3) is 22.2 Å². The Balaban J connectivity index is 1.56. The van der Waals surface area contributed by atoms with Gasteiger partial charge in [0.15, 0.2) is 5.13 Å². The molecule has 0 aliphatic heterocycles. The van der Waals surface area contributed by atoms with Crippen molar-refractivity contribution in [2.75, 3.05) is 5.32 Å². The monoisotopic (exact) mass is 320 g/mol. The van der Waals surface area contributed by atoms with Gasteiger partial charge in [-0.15, -0.1) is 11.3 Å². The molecule has 4 rings (SSSR count). The molecule has 3 heterocycles. The van der Waals surface area contributed by atoms with Gasteiger partial charge in [-0.05, 0) is 24.3 Å². The molecule has 0 spiro atoms. The van der Waals surface area contributed by atoms with Crippen molar-refractivity contribution in [1.29, 1.82) is 0 Å². The first-order valence-electron chi connectivity index (χ1n) is 7.04. The number of benzene rings is 1. The predicted octanol–water partition coefficient (Wildman–Crippen LogP) is 3.94. The quantitative estimate of drug-likeness (QED) is 0.600. The third-order valence-corrected chi connectivity index (χ3v) is 4.21. The number of fused-ring (bicyclic) bond motifs is 1. The Morgan fingerprint density at radius 1 is 1.17 bits per heavy atom. The minimum atomic E-state index is -0.201. The number of nitrogens with one attached hydrogen (secondary N) is 2. The lowest BCUT2D eigenvalue weighted by Gasteiger charge is -1.98. The summed E-state index contributed by atoms with van der Waals surface area (Å²) >= 11 is 1.39. The van der Waals surface area contributed by atoms with E-state index in [4.69, 9.17) is 0 Å². The lowest BCUT2D eigenvalue weighted by atomic mass is 10.2. The maximum atomic E-state index is 12.3. The largest absolute Gasteiger partial charge is 0.351 e. The summed E-state index contributed by atoms with van der Waals surface area (Å²) in [5.41, 5.74) is 3.18. The number of hydrogen-bond donors (Lipinski definition) is 2. The highest BCUT2D eigenvalue weighted by Gasteiger charge is 2.12. The summed E-state index contributed by atoms with van der Waals surface area (Å²) in [5.74, 6) is -0.201. The summed E-state index contributed by atoms with van der Waals surface area (Å²) in [6.45, 7) is 0. The molecule has 0 saturated heterocycles. The molecule has 5 nitrogen and oxygen atoms in total. The van der Waals surface area contributed by atoms with Crippen molar-refractivity contribution in [2.24, 2.45) is 0 Å². The number of aromatic nitrogens is 3. The van der Waals surface area contributed by atoms with E-state index < -0.39 is 0 Å². The minimum absolute atomic E-state index is 0.201. The van der Waals surface area contributed by atoms with E-state index in [0.29, 0.717) is 10.8 Å². The Bertz CT molecular complexity index is 941. The molecule has 0 atom stereocenters. The molecule has 0 saturated carbocycles. The summed E-state index contributed by atoms with van der Waals surface area (Å²) in [5, 5.41) is 6.30. The number of rotatable bonds is 3. The van der Waals surface area contributed by atoms with E-state index in [-0.39, 0.29) is 5.91 Å². The summed E-state index contributed by atoms with van der Waals surface area (Å²) in [6.07, 6.45) is 3.47.